The molecule has 3 atom stereocenters. The third kappa shape index (κ3) is 1.25. The third-order valence-electron chi connectivity index (χ3n) is 2.67. The molecule has 3 nitrogen and oxygen atoms in total. The fourth-order valence-corrected chi connectivity index (χ4v) is 2.18. The minimum absolute atomic E-state index is 0.260. The van der Waals surface area contributed by atoms with Crippen LogP contribution < -0.4 is 0 Å². The molecule has 2 bridgehead atoms. The van der Waals surface area contributed by atoms with Gasteiger partial charge in [-0.2, -0.15) is 0 Å². The Bertz CT molecular complexity index is 178. The molecule has 2 saturated heterocycles. The van der Waals surface area contributed by atoms with E-state index >= 15 is 0 Å². The van der Waals surface area contributed by atoms with E-state index in [2.05, 4.69) is 0 Å². The second kappa shape index (κ2) is 2.48. The molecule has 0 aromatic carbocycles. The Kier molecular flexibility index (Phi) is 1.60. The van der Waals surface area contributed by atoms with E-state index in [0.29, 0.717) is 18.4 Å². The molecule has 0 amide bonds. The highest BCUT2D eigenvalue weighted by atomic mass is 16.5. The lowest BCUT2D eigenvalue weighted by atomic mass is 9.87. The molecule has 2 heterocycles. The first kappa shape index (κ1) is 7.10. The quantitative estimate of drug-likeness (QED) is 0.649. The monoisotopic (exact) mass is 156 g/mol. The van der Waals surface area contributed by atoms with E-state index in [4.69, 9.17) is 9.84 Å². The molecule has 62 valence electrons. The number of rotatable bonds is 2. The normalized spacial score (nSPS) is 41.3. The molecular formula is C8H12O3. The highest BCUT2D eigenvalue weighted by Gasteiger charge is 2.41. The first-order chi connectivity index (χ1) is 5.25. The summed E-state index contributed by atoms with van der Waals surface area (Å²) in [5.74, 6) is -0.391. The minimum Gasteiger partial charge on any atom is -0.481 e. The molecule has 1 unspecified atom stereocenters. The first-order valence-corrected chi connectivity index (χ1v) is 4.13. The zero-order valence-electron chi connectivity index (χ0n) is 6.32. The molecule has 0 spiro atoms. The molecule has 0 radical (unpaired) electrons. The van der Waals surface area contributed by atoms with Gasteiger partial charge < -0.3 is 9.84 Å². The van der Waals surface area contributed by atoms with Crippen molar-refractivity contribution < 1.29 is 14.6 Å². The Morgan fingerprint density at radius 1 is 1.55 bits per heavy atom. The van der Waals surface area contributed by atoms with Gasteiger partial charge in [0, 0.05) is 0 Å². The molecule has 11 heavy (non-hydrogen) atoms. The zero-order valence-corrected chi connectivity index (χ0v) is 6.32. The molecule has 0 aromatic rings. The van der Waals surface area contributed by atoms with Crippen molar-refractivity contribution in [3.05, 3.63) is 0 Å². The van der Waals surface area contributed by atoms with E-state index in [1.165, 1.54) is 0 Å². The number of ether oxygens (including phenoxy) is 1. The van der Waals surface area contributed by atoms with E-state index in [0.717, 1.165) is 19.3 Å². The van der Waals surface area contributed by atoms with Crippen molar-refractivity contribution in [2.45, 2.75) is 37.9 Å². The maximum atomic E-state index is 10.4. The van der Waals surface area contributed by atoms with Crippen LogP contribution in [-0.4, -0.2) is 23.3 Å². The molecular weight excluding hydrogens is 144 g/mol. The summed E-state index contributed by atoms with van der Waals surface area (Å²) in [7, 11) is 0. The number of hydrogen-bond acceptors (Lipinski definition) is 2. The largest absolute Gasteiger partial charge is 0.481 e. The SMILES string of the molecule is O=C(O)C[C@@H]1CC2CC[C@H]1O2. The van der Waals surface area contributed by atoms with Crippen LogP contribution in [0, 0.1) is 5.92 Å². The van der Waals surface area contributed by atoms with E-state index in [1.807, 2.05) is 0 Å². The molecule has 0 aliphatic carbocycles. The summed E-state index contributed by atoms with van der Waals surface area (Å²) in [6.45, 7) is 0. The molecule has 2 aliphatic rings. The number of aliphatic carboxylic acids is 1. The van der Waals surface area contributed by atoms with Crippen molar-refractivity contribution in [2.75, 3.05) is 0 Å². The summed E-state index contributed by atoms with van der Waals surface area (Å²) < 4.78 is 5.52. The minimum atomic E-state index is -0.689. The van der Waals surface area contributed by atoms with E-state index in [9.17, 15) is 4.79 Å². The molecule has 0 aromatic heterocycles. The van der Waals surface area contributed by atoms with Crippen molar-refractivity contribution >= 4 is 5.97 Å². The summed E-state index contributed by atoms with van der Waals surface area (Å²) >= 11 is 0. The lowest BCUT2D eigenvalue weighted by Crippen LogP contribution is -2.19. The van der Waals surface area contributed by atoms with Gasteiger partial charge in [0.25, 0.3) is 0 Å². The third-order valence-corrected chi connectivity index (χ3v) is 2.67. The van der Waals surface area contributed by atoms with Gasteiger partial charge in [-0.3, -0.25) is 4.79 Å². The van der Waals surface area contributed by atoms with Crippen LogP contribution in [0.3, 0.4) is 0 Å². The lowest BCUT2D eigenvalue weighted by Gasteiger charge is -2.15. The van der Waals surface area contributed by atoms with E-state index < -0.39 is 5.97 Å². The van der Waals surface area contributed by atoms with Crippen molar-refractivity contribution in [2.24, 2.45) is 5.92 Å². The predicted octanol–water partition coefficient (Wildman–Crippen LogP) is 1.03. The van der Waals surface area contributed by atoms with Crippen LogP contribution >= 0.6 is 0 Å². The molecule has 1 N–H and O–H groups in total. The summed E-state index contributed by atoms with van der Waals surface area (Å²) in [4.78, 5) is 10.4. The molecule has 3 heteroatoms. The number of carbonyl (C=O) groups is 1. The molecule has 0 saturated carbocycles. The molecule has 2 aliphatic heterocycles. The Morgan fingerprint density at radius 3 is 2.82 bits per heavy atom. The zero-order chi connectivity index (χ0) is 7.84. The Balaban J connectivity index is 1.92. The van der Waals surface area contributed by atoms with Crippen LogP contribution in [0.2, 0.25) is 0 Å². The maximum Gasteiger partial charge on any atom is 0.303 e. The van der Waals surface area contributed by atoms with Crippen molar-refractivity contribution in [1.82, 2.24) is 0 Å². The Hall–Kier alpha value is -0.570. The summed E-state index contributed by atoms with van der Waals surface area (Å²) in [6.07, 6.45) is 4.11. The average molecular weight is 156 g/mol. The van der Waals surface area contributed by atoms with Crippen LogP contribution in [0.25, 0.3) is 0 Å². The van der Waals surface area contributed by atoms with Gasteiger partial charge in [-0.25, -0.2) is 0 Å². The van der Waals surface area contributed by atoms with Crippen LogP contribution in [0.4, 0.5) is 0 Å². The van der Waals surface area contributed by atoms with E-state index in [1.54, 1.807) is 0 Å². The first-order valence-electron chi connectivity index (χ1n) is 4.13. The maximum absolute atomic E-state index is 10.4. The van der Waals surface area contributed by atoms with Crippen LogP contribution in [-0.2, 0) is 9.53 Å². The lowest BCUT2D eigenvalue weighted by molar-refractivity contribution is -0.138. The smallest absolute Gasteiger partial charge is 0.303 e. The summed E-state index contributed by atoms with van der Waals surface area (Å²) in [5.41, 5.74) is 0. The van der Waals surface area contributed by atoms with Crippen LogP contribution in [0.5, 0.6) is 0 Å². The fourth-order valence-electron chi connectivity index (χ4n) is 2.18. The van der Waals surface area contributed by atoms with Crippen molar-refractivity contribution in [1.29, 1.82) is 0 Å². The number of carboxylic acids is 1. The molecule has 2 rings (SSSR count). The standard InChI is InChI=1S/C8H12O3/c9-8(10)4-5-3-6-1-2-7(5)11-6/h5-7H,1-4H2,(H,9,10)/t5-,6?,7+/m0/s1. The van der Waals surface area contributed by atoms with Crippen LogP contribution in [0.15, 0.2) is 0 Å². The van der Waals surface area contributed by atoms with Crippen molar-refractivity contribution in [3.8, 4) is 0 Å². The van der Waals surface area contributed by atoms with Gasteiger partial charge >= 0.3 is 5.97 Å². The fraction of sp³-hybridized carbons (Fsp3) is 0.875. The van der Waals surface area contributed by atoms with Gasteiger partial charge in [0.2, 0.25) is 0 Å². The van der Waals surface area contributed by atoms with Gasteiger partial charge in [0.1, 0.15) is 0 Å². The number of carboxylic acid groups (broad SMARTS) is 1. The van der Waals surface area contributed by atoms with Gasteiger partial charge in [-0.1, -0.05) is 0 Å². The van der Waals surface area contributed by atoms with Gasteiger partial charge in [0.05, 0.1) is 18.6 Å². The Morgan fingerprint density at radius 2 is 2.36 bits per heavy atom. The van der Waals surface area contributed by atoms with Gasteiger partial charge in [-0.05, 0) is 25.2 Å². The summed E-state index contributed by atoms with van der Waals surface area (Å²) in [6, 6.07) is 0. The Labute approximate surface area is 65.4 Å². The van der Waals surface area contributed by atoms with Crippen LogP contribution in [0.1, 0.15) is 25.7 Å². The topological polar surface area (TPSA) is 46.5 Å². The number of fused-ring (bicyclic) bond motifs is 2. The van der Waals surface area contributed by atoms with Gasteiger partial charge in [0.15, 0.2) is 0 Å². The van der Waals surface area contributed by atoms with Crippen molar-refractivity contribution in [3.63, 3.8) is 0 Å². The molecule has 2 fully saturated rings. The highest BCUT2D eigenvalue weighted by Crippen LogP contribution is 2.40. The number of hydrogen-bond donors (Lipinski definition) is 1. The highest BCUT2D eigenvalue weighted by molar-refractivity contribution is 5.67. The predicted molar refractivity (Wildman–Crippen MR) is 38.3 cm³/mol. The average Bonchev–Trinajstić information content (AvgIpc) is 2.45. The summed E-state index contributed by atoms with van der Waals surface area (Å²) in [5, 5.41) is 8.55. The van der Waals surface area contributed by atoms with E-state index in [-0.39, 0.29) is 6.10 Å². The second-order valence-corrected chi connectivity index (χ2v) is 3.47. The van der Waals surface area contributed by atoms with Gasteiger partial charge in [-0.15, -0.1) is 0 Å². The second-order valence-electron chi connectivity index (χ2n) is 3.47.